The van der Waals surface area contributed by atoms with Crippen LogP contribution in [0.25, 0.3) is 0 Å². The second-order valence-corrected chi connectivity index (χ2v) is 12.1. The molecule has 1 heterocycles. The highest BCUT2D eigenvalue weighted by atomic mass is 28.3. The average Bonchev–Trinajstić information content (AvgIpc) is 2.70. The predicted molar refractivity (Wildman–Crippen MR) is 107 cm³/mol. The van der Waals surface area contributed by atoms with E-state index in [1.807, 2.05) is 0 Å². The highest BCUT2D eigenvalue weighted by Gasteiger charge is 2.31. The van der Waals surface area contributed by atoms with Crippen molar-refractivity contribution in [2.75, 3.05) is 13.3 Å². The van der Waals surface area contributed by atoms with E-state index in [1.54, 1.807) is 0 Å². The molecule has 0 amide bonds. The van der Waals surface area contributed by atoms with Crippen LogP contribution in [0.1, 0.15) is 51.4 Å². The predicted octanol–water partition coefficient (Wildman–Crippen LogP) is 6.54. The van der Waals surface area contributed by atoms with Gasteiger partial charge in [0, 0.05) is 14.9 Å². The van der Waals surface area contributed by atoms with Crippen molar-refractivity contribution in [1.82, 2.24) is 0 Å². The van der Waals surface area contributed by atoms with Gasteiger partial charge in [0.1, 0.15) is 5.75 Å². The van der Waals surface area contributed by atoms with Crippen LogP contribution >= 0.6 is 0 Å². The fourth-order valence-corrected chi connectivity index (χ4v) is 8.61. The number of ether oxygens (including phenoxy) is 1. The highest BCUT2D eigenvalue weighted by Crippen LogP contribution is 2.41. The van der Waals surface area contributed by atoms with Crippen molar-refractivity contribution in [3.63, 3.8) is 0 Å². The quantitative estimate of drug-likeness (QED) is 0.357. The van der Waals surface area contributed by atoms with Crippen LogP contribution in [0.4, 0.5) is 13.2 Å². The second kappa shape index (κ2) is 10.5. The van der Waals surface area contributed by atoms with E-state index in [-0.39, 0.29) is 6.67 Å². The fourth-order valence-electron chi connectivity index (χ4n) is 5.08. The molecule has 5 heteroatoms. The minimum absolute atomic E-state index is 0.146. The molecule has 0 radical (unpaired) electrons. The third kappa shape index (κ3) is 6.26. The highest BCUT2D eigenvalue weighted by molar-refractivity contribution is 6.58. The molecule has 0 spiro atoms. The summed E-state index contributed by atoms with van der Waals surface area (Å²) in [7, 11) is -0.561. The van der Waals surface area contributed by atoms with E-state index in [0.29, 0.717) is 18.3 Å². The molecule has 1 aromatic carbocycles. The lowest BCUT2D eigenvalue weighted by atomic mass is 9.74. The van der Waals surface area contributed by atoms with Gasteiger partial charge in [0.2, 0.25) is 0 Å². The van der Waals surface area contributed by atoms with Gasteiger partial charge in [0.25, 0.3) is 0 Å². The van der Waals surface area contributed by atoms with E-state index < -0.39 is 20.4 Å². The summed E-state index contributed by atoms with van der Waals surface area (Å²) >= 11 is 0. The molecular weight excluding hydrogens is 365 g/mol. The molecule has 27 heavy (non-hydrogen) atoms. The molecule has 1 nitrogen and oxygen atoms in total. The summed E-state index contributed by atoms with van der Waals surface area (Å²) in [6, 6.07) is 8.05. The Morgan fingerprint density at radius 1 is 0.889 bits per heavy atom. The molecular formula is C22H33F3OSi. The van der Waals surface area contributed by atoms with Crippen molar-refractivity contribution in [2.45, 2.75) is 69.5 Å². The maximum Gasteiger partial charge on any atom is 0.162 e. The van der Waals surface area contributed by atoms with E-state index in [4.69, 9.17) is 4.74 Å². The first-order chi connectivity index (χ1) is 13.2. The standard InChI is InChI=1S/C22H33F3OSi/c23-11-1-2-12-27-13-9-19(10-14-27)18-5-3-17(4-6-18)16-26-20-7-8-21(24)22(25)15-20/h7-8,15,17-19,27H,1-6,9-14,16H2. The number of alkyl halides is 1. The summed E-state index contributed by atoms with van der Waals surface area (Å²) in [5.41, 5.74) is 0. The van der Waals surface area contributed by atoms with Crippen molar-refractivity contribution >= 4 is 8.80 Å². The lowest BCUT2D eigenvalue weighted by Gasteiger charge is -2.37. The van der Waals surface area contributed by atoms with E-state index >= 15 is 0 Å². The van der Waals surface area contributed by atoms with Gasteiger partial charge in [-0.3, -0.25) is 4.39 Å². The third-order valence-corrected chi connectivity index (χ3v) is 10.3. The van der Waals surface area contributed by atoms with Crippen LogP contribution in [0, 0.1) is 29.4 Å². The first-order valence-electron chi connectivity index (χ1n) is 10.8. The first-order valence-corrected chi connectivity index (χ1v) is 13.2. The molecule has 1 aliphatic carbocycles. The van der Waals surface area contributed by atoms with Crippen molar-refractivity contribution in [1.29, 1.82) is 0 Å². The zero-order valence-electron chi connectivity index (χ0n) is 16.3. The van der Waals surface area contributed by atoms with Crippen molar-refractivity contribution in [3.05, 3.63) is 29.8 Å². The summed E-state index contributed by atoms with van der Waals surface area (Å²) in [6.45, 7) is 0.457. The largest absolute Gasteiger partial charge is 0.493 e. The van der Waals surface area contributed by atoms with Gasteiger partial charge in [0.15, 0.2) is 11.6 Å². The van der Waals surface area contributed by atoms with Crippen molar-refractivity contribution in [3.8, 4) is 5.75 Å². The molecule has 2 aliphatic rings. The lowest BCUT2D eigenvalue weighted by Crippen LogP contribution is -2.29. The van der Waals surface area contributed by atoms with Gasteiger partial charge < -0.3 is 4.74 Å². The van der Waals surface area contributed by atoms with Gasteiger partial charge in [-0.1, -0.05) is 37.4 Å². The summed E-state index contributed by atoms with van der Waals surface area (Å²) in [6.07, 6.45) is 9.63. The van der Waals surface area contributed by atoms with E-state index in [9.17, 15) is 13.2 Å². The van der Waals surface area contributed by atoms with Gasteiger partial charge in [-0.2, -0.15) is 0 Å². The fraction of sp³-hybridized carbons (Fsp3) is 0.727. The van der Waals surface area contributed by atoms with Gasteiger partial charge in [-0.05, 0) is 62.0 Å². The van der Waals surface area contributed by atoms with Crippen LogP contribution in [0.5, 0.6) is 5.75 Å². The zero-order valence-corrected chi connectivity index (χ0v) is 17.4. The van der Waals surface area contributed by atoms with Crippen molar-refractivity contribution in [2.24, 2.45) is 17.8 Å². The minimum atomic E-state index is -0.847. The Hall–Kier alpha value is -0.973. The van der Waals surface area contributed by atoms with Crippen molar-refractivity contribution < 1.29 is 17.9 Å². The summed E-state index contributed by atoms with van der Waals surface area (Å²) < 4.78 is 44.2. The van der Waals surface area contributed by atoms with E-state index in [0.717, 1.165) is 36.8 Å². The molecule has 0 bridgehead atoms. The number of hydrogen-bond donors (Lipinski definition) is 0. The molecule has 1 saturated heterocycles. The maximum atomic E-state index is 13.2. The summed E-state index contributed by atoms with van der Waals surface area (Å²) in [5.74, 6) is 1.05. The monoisotopic (exact) mass is 398 g/mol. The third-order valence-electron chi connectivity index (χ3n) is 6.82. The number of benzene rings is 1. The van der Waals surface area contributed by atoms with E-state index in [2.05, 4.69) is 0 Å². The Labute approximate surface area is 163 Å². The molecule has 0 unspecified atom stereocenters. The van der Waals surface area contributed by atoms with Crippen LogP contribution in [0.3, 0.4) is 0 Å². The van der Waals surface area contributed by atoms with Crippen LogP contribution in [-0.4, -0.2) is 22.1 Å². The Kier molecular flexibility index (Phi) is 8.10. The molecule has 0 N–H and O–H groups in total. The summed E-state index contributed by atoms with van der Waals surface area (Å²) in [4.78, 5) is 0. The Morgan fingerprint density at radius 2 is 1.59 bits per heavy atom. The van der Waals surface area contributed by atoms with Gasteiger partial charge in [-0.15, -0.1) is 0 Å². The Bertz CT molecular complexity index is 567. The number of unbranched alkanes of at least 4 members (excludes halogenated alkanes) is 1. The molecule has 0 aromatic heterocycles. The smallest absolute Gasteiger partial charge is 0.162 e. The Morgan fingerprint density at radius 3 is 2.26 bits per heavy atom. The normalized spacial score (nSPS) is 28.9. The molecule has 1 saturated carbocycles. The van der Waals surface area contributed by atoms with Gasteiger partial charge in [-0.25, -0.2) is 8.78 Å². The number of rotatable bonds is 8. The average molecular weight is 399 g/mol. The summed E-state index contributed by atoms with van der Waals surface area (Å²) in [5, 5.41) is 0. The topological polar surface area (TPSA) is 9.23 Å². The first kappa shape index (κ1) is 20.8. The van der Waals surface area contributed by atoms with E-state index in [1.165, 1.54) is 62.7 Å². The van der Waals surface area contributed by atoms with Crippen LogP contribution < -0.4 is 4.74 Å². The molecule has 3 rings (SSSR count). The number of hydrogen-bond acceptors (Lipinski definition) is 1. The second-order valence-electron chi connectivity index (χ2n) is 8.63. The Balaban J connectivity index is 1.34. The van der Waals surface area contributed by atoms with Gasteiger partial charge >= 0.3 is 0 Å². The van der Waals surface area contributed by atoms with Crippen LogP contribution in [0.15, 0.2) is 18.2 Å². The molecule has 2 fully saturated rings. The SMILES string of the molecule is FCCCC[SiH]1CCC(C2CCC(COc3ccc(F)c(F)c3)CC2)CC1. The molecule has 0 atom stereocenters. The van der Waals surface area contributed by atoms with Gasteiger partial charge in [0.05, 0.1) is 13.3 Å². The lowest BCUT2D eigenvalue weighted by molar-refractivity contribution is 0.147. The number of halogens is 3. The zero-order chi connectivity index (χ0) is 19.1. The minimum Gasteiger partial charge on any atom is -0.493 e. The molecule has 1 aliphatic heterocycles. The van der Waals surface area contributed by atoms with Crippen LogP contribution in [-0.2, 0) is 0 Å². The molecule has 1 aromatic rings. The maximum absolute atomic E-state index is 13.2. The van der Waals surface area contributed by atoms with Crippen LogP contribution in [0.2, 0.25) is 18.1 Å². The molecule has 152 valence electrons.